The average molecular weight is 387 g/mol. The fourth-order valence-electron chi connectivity index (χ4n) is 5.63. The van der Waals surface area contributed by atoms with Gasteiger partial charge >= 0.3 is 0 Å². The van der Waals surface area contributed by atoms with Crippen molar-refractivity contribution in [2.75, 3.05) is 0 Å². The Kier molecular flexibility index (Phi) is 8.85. The summed E-state index contributed by atoms with van der Waals surface area (Å²) in [5.41, 5.74) is 5.29. The second-order valence-electron chi connectivity index (χ2n) is 12.2. The van der Waals surface area contributed by atoms with E-state index in [2.05, 4.69) is 61.3 Å². The Labute approximate surface area is 178 Å². The van der Waals surface area contributed by atoms with Crippen LogP contribution in [0.1, 0.15) is 113 Å². The summed E-state index contributed by atoms with van der Waals surface area (Å²) in [5.74, 6) is 1.93. The fraction of sp³-hybridized carbons (Fsp3) is 0.786. The summed E-state index contributed by atoms with van der Waals surface area (Å²) in [4.78, 5) is 0. The van der Waals surface area contributed by atoms with Crippen molar-refractivity contribution in [3.05, 3.63) is 36.5 Å². The van der Waals surface area contributed by atoms with E-state index in [0.717, 1.165) is 23.0 Å². The smallest absolute Gasteiger partial charge is 0.0117 e. The highest BCUT2D eigenvalue weighted by atomic mass is 14.5. The molecule has 0 aromatic rings. The van der Waals surface area contributed by atoms with Crippen LogP contribution in [0.4, 0.5) is 0 Å². The quantitative estimate of drug-likeness (QED) is 0.327. The van der Waals surface area contributed by atoms with Crippen molar-refractivity contribution < 1.29 is 0 Å². The van der Waals surface area contributed by atoms with Crippen LogP contribution in [0, 0.1) is 28.1 Å². The van der Waals surface area contributed by atoms with Crippen LogP contribution in [0.15, 0.2) is 36.5 Å². The standard InChI is InChI=1S/C15H26.C7H14.C6H10/c1-11(2)15(5)9-12-6-13(10-15)8-14(3,4)7-12;1-7(2)5-3-4-6-7;1-5(2)6(3)4/h12-13H,1,6-10H2,2-5H3;3-6H2,1-2H3;1,3H2,2,4H3. The van der Waals surface area contributed by atoms with Crippen molar-refractivity contribution in [1.29, 1.82) is 0 Å². The van der Waals surface area contributed by atoms with Gasteiger partial charge in [-0.05, 0) is 93.8 Å². The maximum atomic E-state index is 4.21. The van der Waals surface area contributed by atoms with Gasteiger partial charge in [-0.3, -0.25) is 0 Å². The molecule has 0 heteroatoms. The summed E-state index contributed by atoms with van der Waals surface area (Å²) >= 11 is 0. The van der Waals surface area contributed by atoms with Gasteiger partial charge in [-0.25, -0.2) is 0 Å². The first kappa shape index (κ1) is 25.3. The van der Waals surface area contributed by atoms with E-state index in [0.29, 0.717) is 16.2 Å². The number of hydrogen-bond acceptors (Lipinski definition) is 0. The van der Waals surface area contributed by atoms with Crippen LogP contribution < -0.4 is 0 Å². The largest absolute Gasteiger partial charge is 0.0996 e. The minimum Gasteiger partial charge on any atom is -0.0996 e. The van der Waals surface area contributed by atoms with Gasteiger partial charge in [0, 0.05) is 0 Å². The van der Waals surface area contributed by atoms with E-state index in [4.69, 9.17) is 0 Å². The maximum absolute atomic E-state index is 4.21. The maximum Gasteiger partial charge on any atom is -0.0117 e. The van der Waals surface area contributed by atoms with E-state index in [9.17, 15) is 0 Å². The highest BCUT2D eigenvalue weighted by Crippen LogP contribution is 2.55. The number of allylic oxidation sites excluding steroid dienone is 3. The van der Waals surface area contributed by atoms with Crippen molar-refractivity contribution in [3.8, 4) is 0 Å². The van der Waals surface area contributed by atoms with Crippen LogP contribution in [0.2, 0.25) is 0 Å². The van der Waals surface area contributed by atoms with E-state index < -0.39 is 0 Å². The molecule has 0 spiro atoms. The number of fused-ring (bicyclic) bond motifs is 2. The molecule has 3 fully saturated rings. The van der Waals surface area contributed by atoms with Gasteiger partial charge in [0.2, 0.25) is 0 Å². The Bertz CT molecular complexity index is 521. The number of rotatable bonds is 2. The molecular weight excluding hydrogens is 336 g/mol. The molecule has 162 valence electrons. The lowest BCUT2D eigenvalue weighted by atomic mass is 9.54. The first-order valence-corrected chi connectivity index (χ1v) is 11.6. The van der Waals surface area contributed by atoms with Crippen molar-refractivity contribution >= 4 is 0 Å². The summed E-state index contributed by atoms with van der Waals surface area (Å²) in [6, 6.07) is 0. The third-order valence-corrected chi connectivity index (χ3v) is 7.54. The van der Waals surface area contributed by atoms with Gasteiger partial charge in [0.05, 0.1) is 0 Å². The van der Waals surface area contributed by atoms with Crippen LogP contribution in [-0.2, 0) is 0 Å². The molecule has 0 heterocycles. The minimum absolute atomic E-state index is 0.448. The molecule has 0 amide bonds. The van der Waals surface area contributed by atoms with Crippen molar-refractivity contribution in [1.82, 2.24) is 0 Å². The summed E-state index contributed by atoms with van der Waals surface area (Å²) in [7, 11) is 0. The third kappa shape index (κ3) is 8.30. The molecule has 28 heavy (non-hydrogen) atoms. The topological polar surface area (TPSA) is 0 Å². The minimum atomic E-state index is 0.448. The van der Waals surface area contributed by atoms with Crippen molar-refractivity contribution in [2.45, 2.75) is 113 Å². The predicted molar refractivity (Wildman–Crippen MR) is 129 cm³/mol. The first-order chi connectivity index (χ1) is 12.7. The Balaban J connectivity index is 0.000000251. The molecule has 0 aromatic carbocycles. The molecule has 0 radical (unpaired) electrons. The second-order valence-corrected chi connectivity index (χ2v) is 12.2. The first-order valence-electron chi connectivity index (χ1n) is 11.6. The Hall–Kier alpha value is -0.780. The Morgan fingerprint density at radius 2 is 1.04 bits per heavy atom. The molecule has 2 atom stereocenters. The predicted octanol–water partition coefficient (Wildman–Crippen LogP) is 9.53. The van der Waals surface area contributed by atoms with Gasteiger partial charge in [0.15, 0.2) is 0 Å². The molecule has 0 N–H and O–H groups in total. The molecule has 0 aliphatic heterocycles. The zero-order valence-corrected chi connectivity index (χ0v) is 20.6. The highest BCUT2D eigenvalue weighted by Gasteiger charge is 2.44. The molecule has 0 nitrogen and oxygen atoms in total. The van der Waals surface area contributed by atoms with E-state index in [1.54, 1.807) is 0 Å². The lowest BCUT2D eigenvalue weighted by molar-refractivity contribution is 0.0276. The van der Waals surface area contributed by atoms with Gasteiger partial charge in [0.25, 0.3) is 0 Å². The van der Waals surface area contributed by atoms with Crippen LogP contribution in [0.5, 0.6) is 0 Å². The van der Waals surface area contributed by atoms with Crippen LogP contribution >= 0.6 is 0 Å². The van der Waals surface area contributed by atoms with E-state index in [-0.39, 0.29) is 0 Å². The second kappa shape index (κ2) is 9.82. The molecule has 3 rings (SSSR count). The number of hydrogen-bond donors (Lipinski definition) is 0. The van der Waals surface area contributed by atoms with Crippen LogP contribution in [-0.4, -0.2) is 0 Å². The lowest BCUT2D eigenvalue weighted by Gasteiger charge is -2.51. The molecule has 0 aromatic heterocycles. The normalized spacial score (nSPS) is 32.1. The molecular formula is C28H50. The van der Waals surface area contributed by atoms with E-state index >= 15 is 0 Å². The monoisotopic (exact) mass is 386 g/mol. The SMILES string of the molecule is C=C(C)C(=C)C.C=C(C)C1(C)CC2CC(CC(C)(C)C2)C1.CC1(C)CCCC1. The molecule has 2 bridgehead atoms. The highest BCUT2D eigenvalue weighted by molar-refractivity contribution is 5.19. The Morgan fingerprint density at radius 1 is 0.643 bits per heavy atom. The van der Waals surface area contributed by atoms with Gasteiger partial charge in [-0.2, -0.15) is 0 Å². The molecule has 3 aliphatic rings. The third-order valence-electron chi connectivity index (χ3n) is 7.54. The summed E-state index contributed by atoms with van der Waals surface area (Å²) in [6.45, 7) is 29.7. The fourth-order valence-corrected chi connectivity index (χ4v) is 5.63. The Morgan fingerprint density at radius 3 is 1.29 bits per heavy atom. The van der Waals surface area contributed by atoms with Gasteiger partial charge < -0.3 is 0 Å². The lowest BCUT2D eigenvalue weighted by Crippen LogP contribution is -2.39. The van der Waals surface area contributed by atoms with Crippen molar-refractivity contribution in [3.63, 3.8) is 0 Å². The zero-order valence-electron chi connectivity index (χ0n) is 20.6. The summed E-state index contributed by atoms with van der Waals surface area (Å²) in [6.07, 6.45) is 13.0. The molecule has 0 saturated heterocycles. The van der Waals surface area contributed by atoms with Gasteiger partial charge in [0.1, 0.15) is 0 Å². The average Bonchev–Trinajstić information content (AvgIpc) is 2.90. The van der Waals surface area contributed by atoms with Gasteiger partial charge in [-0.15, -0.1) is 0 Å². The van der Waals surface area contributed by atoms with Crippen molar-refractivity contribution in [2.24, 2.45) is 28.1 Å². The van der Waals surface area contributed by atoms with Crippen LogP contribution in [0.3, 0.4) is 0 Å². The molecule has 3 saturated carbocycles. The molecule has 2 unspecified atom stereocenters. The van der Waals surface area contributed by atoms with Gasteiger partial charge in [-0.1, -0.05) is 83.9 Å². The summed E-state index contributed by atoms with van der Waals surface area (Å²) in [5, 5.41) is 0. The van der Waals surface area contributed by atoms with E-state index in [1.165, 1.54) is 63.4 Å². The van der Waals surface area contributed by atoms with Crippen LogP contribution in [0.25, 0.3) is 0 Å². The summed E-state index contributed by atoms with van der Waals surface area (Å²) < 4.78 is 0. The molecule has 3 aliphatic carbocycles. The van der Waals surface area contributed by atoms with E-state index in [1.807, 2.05) is 13.8 Å². The zero-order chi connectivity index (χ0) is 21.8.